The van der Waals surface area contributed by atoms with Gasteiger partial charge in [0.15, 0.2) is 11.5 Å². The topological polar surface area (TPSA) is 102 Å². The van der Waals surface area contributed by atoms with Crippen molar-refractivity contribution in [3.8, 4) is 11.5 Å². The molecule has 0 aliphatic carbocycles. The number of aliphatic hydroxyl groups excluding tert-OH is 2. The molecule has 3 atom stereocenters. The fourth-order valence-electron chi connectivity index (χ4n) is 3.46. The summed E-state index contributed by atoms with van der Waals surface area (Å²) in [6.07, 6.45) is 0.724. The van der Waals surface area contributed by atoms with Crippen LogP contribution in [0.25, 0.3) is 0 Å². The van der Waals surface area contributed by atoms with Gasteiger partial charge < -0.3 is 34.0 Å². The number of benzene rings is 2. The number of methoxy groups -OCH3 is 2. The van der Waals surface area contributed by atoms with Crippen LogP contribution in [0.1, 0.15) is 49.5 Å². The lowest BCUT2D eigenvalue weighted by Gasteiger charge is -2.32. The van der Waals surface area contributed by atoms with Crippen LogP contribution in [-0.4, -0.2) is 56.8 Å². The molecule has 1 heterocycles. The third kappa shape index (κ3) is 9.25. The molecular formula is C25H35BrO7. The summed E-state index contributed by atoms with van der Waals surface area (Å²) in [5.74, 6) is 1.40. The monoisotopic (exact) mass is 526 g/mol. The summed E-state index contributed by atoms with van der Waals surface area (Å²) in [4.78, 5) is 16.0. The molecule has 0 saturated carbocycles. The van der Waals surface area contributed by atoms with E-state index in [1.54, 1.807) is 14.2 Å². The highest BCUT2D eigenvalue weighted by atomic mass is 79.9. The van der Waals surface area contributed by atoms with Crippen LogP contribution >= 0.6 is 15.9 Å². The van der Waals surface area contributed by atoms with E-state index >= 15 is 0 Å². The Morgan fingerprint density at radius 1 is 1.00 bits per heavy atom. The van der Waals surface area contributed by atoms with Crippen LogP contribution in [-0.2, 0) is 20.7 Å². The lowest BCUT2D eigenvalue weighted by Crippen LogP contribution is -2.33. The van der Waals surface area contributed by atoms with Crippen molar-refractivity contribution in [2.75, 3.05) is 20.8 Å². The second-order valence-corrected chi connectivity index (χ2v) is 7.63. The number of carbonyl (C=O) groups is 2. The van der Waals surface area contributed by atoms with Crippen LogP contribution in [0, 0.1) is 0 Å². The van der Waals surface area contributed by atoms with Gasteiger partial charge in [-0.1, -0.05) is 48.0 Å². The average Bonchev–Trinajstić information content (AvgIpc) is 2.88. The van der Waals surface area contributed by atoms with Crippen molar-refractivity contribution in [1.82, 2.24) is 0 Å². The van der Waals surface area contributed by atoms with Gasteiger partial charge >= 0.3 is 0 Å². The van der Waals surface area contributed by atoms with Crippen molar-refractivity contribution < 1.29 is 34.0 Å². The maximum Gasteiger partial charge on any atom is 0.160 e. The first-order chi connectivity index (χ1) is 16.0. The van der Waals surface area contributed by atoms with Gasteiger partial charge in [-0.2, -0.15) is 0 Å². The molecule has 0 bridgehead atoms. The Morgan fingerprint density at radius 3 is 2.21 bits per heavy atom. The molecule has 1 fully saturated rings. The molecule has 1 aliphatic heterocycles. The van der Waals surface area contributed by atoms with E-state index in [9.17, 15) is 10.2 Å². The normalized spacial score (nSPS) is 18.8. The van der Waals surface area contributed by atoms with Gasteiger partial charge in [-0.3, -0.25) is 0 Å². The first-order valence-electron chi connectivity index (χ1n) is 10.5. The zero-order valence-electron chi connectivity index (χ0n) is 19.8. The summed E-state index contributed by atoms with van der Waals surface area (Å²) in [5, 5.41) is 19.5. The van der Waals surface area contributed by atoms with Gasteiger partial charge in [-0.25, -0.2) is 0 Å². The van der Waals surface area contributed by atoms with Crippen molar-refractivity contribution in [1.29, 1.82) is 0 Å². The van der Waals surface area contributed by atoms with Crippen LogP contribution in [0.15, 0.2) is 40.9 Å². The van der Waals surface area contributed by atoms with Gasteiger partial charge in [0, 0.05) is 17.3 Å². The predicted octanol–water partition coefficient (Wildman–Crippen LogP) is 4.29. The van der Waals surface area contributed by atoms with E-state index in [1.165, 1.54) is 0 Å². The Kier molecular flexibility index (Phi) is 16.1. The van der Waals surface area contributed by atoms with Gasteiger partial charge in [-0.15, -0.1) is 0 Å². The minimum atomic E-state index is -0.459. The molecule has 33 heavy (non-hydrogen) atoms. The zero-order chi connectivity index (χ0) is 25.4. The SMILES string of the molecule is C=O.C=O.CC.COc1ccc(Cc2cc([C@H]3C[C@@H](O)C[C@@H](CO)O3)ccc2Br)cc1OC. The Morgan fingerprint density at radius 2 is 1.64 bits per heavy atom. The number of ether oxygens (including phenoxy) is 3. The summed E-state index contributed by atoms with van der Waals surface area (Å²) in [6.45, 7) is 7.92. The highest BCUT2D eigenvalue weighted by Gasteiger charge is 2.29. The van der Waals surface area contributed by atoms with E-state index in [1.807, 2.05) is 57.8 Å². The lowest BCUT2D eigenvalue weighted by molar-refractivity contribution is -0.113. The smallest absolute Gasteiger partial charge is 0.160 e. The molecule has 0 aromatic heterocycles. The highest BCUT2D eigenvalue weighted by molar-refractivity contribution is 9.10. The third-order valence-electron chi connectivity index (χ3n) is 4.87. The number of hydrogen-bond donors (Lipinski definition) is 2. The van der Waals surface area contributed by atoms with Crippen LogP contribution in [0.3, 0.4) is 0 Å². The number of hydrogen-bond acceptors (Lipinski definition) is 7. The van der Waals surface area contributed by atoms with E-state index in [2.05, 4.69) is 22.0 Å². The predicted molar refractivity (Wildman–Crippen MR) is 132 cm³/mol. The molecule has 8 heteroatoms. The average molecular weight is 527 g/mol. The Bertz CT molecular complexity index is 813. The molecule has 2 aromatic carbocycles. The fraction of sp³-hybridized carbons (Fsp3) is 0.440. The second-order valence-electron chi connectivity index (χ2n) is 6.77. The largest absolute Gasteiger partial charge is 0.493 e. The molecule has 1 aliphatic rings. The summed E-state index contributed by atoms with van der Waals surface area (Å²) in [6, 6.07) is 12.0. The molecular weight excluding hydrogens is 492 g/mol. The first kappa shape index (κ1) is 30.7. The van der Waals surface area contributed by atoms with Crippen molar-refractivity contribution in [2.45, 2.75) is 51.4 Å². The van der Waals surface area contributed by atoms with Gasteiger partial charge in [0.1, 0.15) is 13.6 Å². The van der Waals surface area contributed by atoms with E-state index in [0.29, 0.717) is 30.8 Å². The molecule has 1 saturated heterocycles. The van der Waals surface area contributed by atoms with E-state index in [-0.39, 0.29) is 18.8 Å². The standard InChI is InChI=1S/C21H25BrO5.C2H6.2CH2O/c1-25-19-6-3-13(8-21(19)26-2)7-15-9-14(4-5-18(15)22)20-11-16(24)10-17(12-23)27-20;3*1-2/h3-6,8-9,16-17,20,23-24H,7,10-12H2,1-2H3;1-2H3;2*1H2/t16-,17-,20+;;;/m0.../s1. The van der Waals surface area contributed by atoms with Crippen LogP contribution < -0.4 is 9.47 Å². The summed E-state index contributed by atoms with van der Waals surface area (Å²) < 4.78 is 17.6. The molecule has 7 nitrogen and oxygen atoms in total. The fourth-order valence-corrected chi connectivity index (χ4v) is 3.85. The minimum absolute atomic E-state index is 0.0808. The van der Waals surface area contributed by atoms with E-state index in [4.69, 9.17) is 23.8 Å². The molecule has 2 aromatic rings. The van der Waals surface area contributed by atoms with Crippen LogP contribution in [0.5, 0.6) is 11.5 Å². The van der Waals surface area contributed by atoms with Gasteiger partial charge in [0.25, 0.3) is 0 Å². The molecule has 0 spiro atoms. The number of carbonyl (C=O) groups excluding carboxylic acids is 2. The van der Waals surface area contributed by atoms with Gasteiger partial charge in [-0.05, 0) is 41.3 Å². The molecule has 0 radical (unpaired) electrons. The molecule has 2 N–H and O–H groups in total. The Hall–Kier alpha value is -2.26. The summed E-state index contributed by atoms with van der Waals surface area (Å²) in [7, 11) is 3.25. The molecule has 0 unspecified atom stereocenters. The van der Waals surface area contributed by atoms with Crippen molar-refractivity contribution >= 4 is 29.5 Å². The van der Waals surface area contributed by atoms with E-state index in [0.717, 1.165) is 21.2 Å². The minimum Gasteiger partial charge on any atom is -0.493 e. The van der Waals surface area contributed by atoms with Crippen molar-refractivity contribution in [2.24, 2.45) is 0 Å². The van der Waals surface area contributed by atoms with E-state index < -0.39 is 6.10 Å². The first-order valence-corrected chi connectivity index (χ1v) is 11.3. The van der Waals surface area contributed by atoms with Gasteiger partial charge in [0.05, 0.1) is 39.1 Å². The quantitative estimate of drug-likeness (QED) is 0.578. The molecule has 184 valence electrons. The summed E-state index contributed by atoms with van der Waals surface area (Å²) >= 11 is 3.63. The Balaban J connectivity index is 0.00000158. The van der Waals surface area contributed by atoms with Crippen molar-refractivity contribution in [3.05, 3.63) is 57.6 Å². The lowest BCUT2D eigenvalue weighted by atomic mass is 9.94. The van der Waals surface area contributed by atoms with Crippen LogP contribution in [0.4, 0.5) is 0 Å². The number of rotatable bonds is 6. The Labute approximate surface area is 204 Å². The van der Waals surface area contributed by atoms with Crippen molar-refractivity contribution in [3.63, 3.8) is 0 Å². The van der Waals surface area contributed by atoms with Gasteiger partial charge in [0.2, 0.25) is 0 Å². The zero-order valence-corrected chi connectivity index (χ0v) is 21.3. The third-order valence-corrected chi connectivity index (χ3v) is 5.64. The molecule has 0 amide bonds. The highest BCUT2D eigenvalue weighted by Crippen LogP contribution is 2.34. The molecule has 3 rings (SSSR count). The second kappa shape index (κ2) is 17.2. The maximum absolute atomic E-state index is 10.1. The number of aliphatic hydroxyl groups is 2. The summed E-state index contributed by atoms with van der Waals surface area (Å²) in [5.41, 5.74) is 3.22. The van der Waals surface area contributed by atoms with Crippen LogP contribution in [0.2, 0.25) is 0 Å². The maximum atomic E-state index is 10.1. The number of halogens is 1.